The van der Waals surface area contributed by atoms with Crippen LogP contribution in [0.3, 0.4) is 0 Å². The molecule has 7 nitrogen and oxygen atoms in total. The predicted octanol–water partition coefficient (Wildman–Crippen LogP) is 1.76. The number of pyridine rings is 1. The highest BCUT2D eigenvalue weighted by Gasteiger charge is 2.25. The quantitative estimate of drug-likeness (QED) is 0.719. The molecule has 1 aliphatic rings. The molecule has 26 heavy (non-hydrogen) atoms. The van der Waals surface area contributed by atoms with E-state index in [4.69, 9.17) is 4.74 Å². The molecule has 4 rings (SSSR count). The van der Waals surface area contributed by atoms with Gasteiger partial charge in [0.25, 0.3) is 5.91 Å². The Morgan fingerprint density at radius 2 is 2.23 bits per heavy atom. The highest BCUT2D eigenvalue weighted by Crippen LogP contribution is 2.15. The molecule has 0 unspecified atom stereocenters. The maximum atomic E-state index is 13.0. The second-order valence-electron chi connectivity index (χ2n) is 6.70. The number of amides is 1. The van der Waals surface area contributed by atoms with Gasteiger partial charge in [-0.1, -0.05) is 6.07 Å². The second-order valence-corrected chi connectivity index (χ2v) is 6.70. The van der Waals surface area contributed by atoms with Crippen LogP contribution in [0.15, 0.2) is 43.1 Å². The van der Waals surface area contributed by atoms with Gasteiger partial charge in [-0.2, -0.15) is 0 Å². The number of hydrogen-bond donors (Lipinski definition) is 0. The summed E-state index contributed by atoms with van der Waals surface area (Å²) >= 11 is 0. The Bertz CT molecular complexity index is 909. The molecular formula is C19H21N5O2. The normalized spacial score (nSPS) is 18.0. The molecule has 3 aromatic rings. The van der Waals surface area contributed by atoms with E-state index in [0.29, 0.717) is 32.0 Å². The Hall–Kier alpha value is -2.80. The number of hydrogen-bond acceptors (Lipinski definition) is 5. The molecule has 0 aliphatic carbocycles. The van der Waals surface area contributed by atoms with Gasteiger partial charge in [0.1, 0.15) is 17.7 Å². The van der Waals surface area contributed by atoms with Gasteiger partial charge in [0.05, 0.1) is 13.2 Å². The topological polar surface area (TPSA) is 72.6 Å². The van der Waals surface area contributed by atoms with Gasteiger partial charge in [0, 0.05) is 43.3 Å². The average Bonchev–Trinajstić information content (AvgIpc) is 2.93. The van der Waals surface area contributed by atoms with Crippen molar-refractivity contribution in [3.05, 3.63) is 60.1 Å². The van der Waals surface area contributed by atoms with Crippen molar-refractivity contribution in [1.82, 2.24) is 24.3 Å². The van der Waals surface area contributed by atoms with Crippen molar-refractivity contribution < 1.29 is 9.53 Å². The zero-order valence-electron chi connectivity index (χ0n) is 14.7. The van der Waals surface area contributed by atoms with Gasteiger partial charge in [0.2, 0.25) is 0 Å². The van der Waals surface area contributed by atoms with Gasteiger partial charge >= 0.3 is 0 Å². The van der Waals surface area contributed by atoms with Crippen molar-refractivity contribution in [2.45, 2.75) is 13.3 Å². The second kappa shape index (κ2) is 7.21. The van der Waals surface area contributed by atoms with Gasteiger partial charge in [0.15, 0.2) is 0 Å². The summed E-state index contributed by atoms with van der Waals surface area (Å²) in [6.45, 7) is 4.39. The van der Waals surface area contributed by atoms with Crippen LogP contribution in [0.2, 0.25) is 0 Å². The molecule has 0 bridgehead atoms. The number of carbonyl (C=O) groups is 1. The summed E-state index contributed by atoms with van der Waals surface area (Å²) in [6, 6.07) is 5.82. The lowest BCUT2D eigenvalue weighted by Gasteiger charge is -2.22. The van der Waals surface area contributed by atoms with E-state index in [-0.39, 0.29) is 11.8 Å². The summed E-state index contributed by atoms with van der Waals surface area (Å²) in [6.07, 6.45) is 7.82. The van der Waals surface area contributed by atoms with Crippen LogP contribution in [0.25, 0.3) is 5.65 Å². The fourth-order valence-corrected chi connectivity index (χ4v) is 3.29. The minimum absolute atomic E-state index is 0.0514. The summed E-state index contributed by atoms with van der Waals surface area (Å²) in [5.74, 6) is 0.153. The lowest BCUT2D eigenvalue weighted by molar-refractivity contribution is 0.0732. The Labute approximate surface area is 151 Å². The summed E-state index contributed by atoms with van der Waals surface area (Å²) in [7, 11) is 0. The monoisotopic (exact) mass is 351 g/mol. The van der Waals surface area contributed by atoms with E-state index < -0.39 is 0 Å². The Balaban J connectivity index is 1.51. The molecule has 7 heteroatoms. The third-order valence-corrected chi connectivity index (χ3v) is 4.58. The van der Waals surface area contributed by atoms with Gasteiger partial charge < -0.3 is 14.0 Å². The lowest BCUT2D eigenvalue weighted by Crippen LogP contribution is -2.36. The minimum Gasteiger partial charge on any atom is -0.379 e. The maximum Gasteiger partial charge on any atom is 0.274 e. The molecule has 0 spiro atoms. The molecule has 3 aromatic heterocycles. The smallest absolute Gasteiger partial charge is 0.274 e. The maximum absolute atomic E-state index is 13.0. The molecule has 1 amide bonds. The molecule has 4 heterocycles. The van der Waals surface area contributed by atoms with Crippen LogP contribution < -0.4 is 0 Å². The molecule has 0 N–H and O–H groups in total. The average molecular weight is 351 g/mol. The van der Waals surface area contributed by atoms with E-state index in [1.165, 1.54) is 0 Å². The Kier molecular flexibility index (Phi) is 4.62. The summed E-state index contributed by atoms with van der Waals surface area (Å²) in [4.78, 5) is 27.5. The van der Waals surface area contributed by atoms with Gasteiger partial charge in [-0.05, 0) is 31.0 Å². The van der Waals surface area contributed by atoms with Crippen LogP contribution in [-0.4, -0.2) is 56.5 Å². The van der Waals surface area contributed by atoms with Crippen molar-refractivity contribution in [3.8, 4) is 0 Å². The molecule has 0 radical (unpaired) electrons. The van der Waals surface area contributed by atoms with Crippen molar-refractivity contribution in [1.29, 1.82) is 0 Å². The van der Waals surface area contributed by atoms with E-state index >= 15 is 0 Å². The first-order valence-corrected chi connectivity index (χ1v) is 8.76. The summed E-state index contributed by atoms with van der Waals surface area (Å²) in [5, 5.41) is 0. The van der Waals surface area contributed by atoms with Crippen LogP contribution in [0.4, 0.5) is 0 Å². The van der Waals surface area contributed by atoms with Crippen molar-refractivity contribution in [2.24, 2.45) is 5.92 Å². The first-order chi connectivity index (χ1) is 12.7. The third kappa shape index (κ3) is 3.57. The van der Waals surface area contributed by atoms with Crippen LogP contribution in [0.5, 0.6) is 0 Å². The van der Waals surface area contributed by atoms with Crippen molar-refractivity contribution in [2.75, 3.05) is 26.3 Å². The zero-order chi connectivity index (χ0) is 17.9. The highest BCUT2D eigenvalue weighted by molar-refractivity contribution is 5.93. The zero-order valence-corrected chi connectivity index (χ0v) is 14.7. The van der Waals surface area contributed by atoms with E-state index in [2.05, 4.69) is 15.0 Å². The number of aromatic nitrogens is 4. The minimum atomic E-state index is -0.0514. The third-order valence-electron chi connectivity index (χ3n) is 4.58. The molecule has 1 atom stereocenters. The van der Waals surface area contributed by atoms with Crippen molar-refractivity contribution >= 4 is 11.6 Å². The van der Waals surface area contributed by atoms with Crippen LogP contribution in [0.1, 0.15) is 21.7 Å². The van der Waals surface area contributed by atoms with E-state index in [9.17, 15) is 4.79 Å². The fraction of sp³-hybridized carbons (Fsp3) is 0.368. The number of nitrogens with zero attached hydrogens (tertiary/aromatic N) is 5. The van der Waals surface area contributed by atoms with Crippen LogP contribution in [-0.2, 0) is 11.2 Å². The molecule has 0 aromatic carbocycles. The van der Waals surface area contributed by atoms with Gasteiger partial charge in [-0.25, -0.2) is 15.0 Å². The number of fused-ring (bicyclic) bond motifs is 1. The molecule has 1 saturated heterocycles. The van der Waals surface area contributed by atoms with Crippen LogP contribution in [0, 0.1) is 12.8 Å². The number of ether oxygens (including phenoxy) is 1. The summed E-state index contributed by atoms with van der Waals surface area (Å²) < 4.78 is 7.61. The van der Waals surface area contributed by atoms with Gasteiger partial charge in [-0.15, -0.1) is 0 Å². The summed E-state index contributed by atoms with van der Waals surface area (Å²) in [5.41, 5.74) is 3.34. The number of rotatable bonds is 3. The SMILES string of the molecule is Cc1ccc2nc(C(=O)N3CCOC[C@@H](Cc4ccncn4)C3)cn2c1. The first-order valence-electron chi connectivity index (χ1n) is 8.76. The fourth-order valence-electron chi connectivity index (χ4n) is 3.29. The molecule has 1 fully saturated rings. The van der Waals surface area contributed by atoms with Crippen molar-refractivity contribution in [3.63, 3.8) is 0 Å². The molecule has 134 valence electrons. The largest absolute Gasteiger partial charge is 0.379 e. The predicted molar refractivity (Wildman–Crippen MR) is 95.9 cm³/mol. The van der Waals surface area contributed by atoms with Gasteiger partial charge in [-0.3, -0.25) is 4.79 Å². The standard InChI is InChI=1S/C19H21N5O2/c1-14-2-3-18-22-17(11-24(18)9-14)19(25)23-6-7-26-12-15(10-23)8-16-4-5-20-13-21-16/h2-5,9,11,13,15H,6-8,10,12H2,1H3/t15-/m0/s1. The molecule has 1 aliphatic heterocycles. The van der Waals surface area contributed by atoms with E-state index in [0.717, 1.165) is 23.3 Å². The molecule has 0 saturated carbocycles. The number of aryl methyl sites for hydroxylation is 1. The van der Waals surface area contributed by atoms with E-state index in [1.54, 1.807) is 18.7 Å². The Morgan fingerprint density at radius 1 is 1.31 bits per heavy atom. The molecular weight excluding hydrogens is 330 g/mol. The Morgan fingerprint density at radius 3 is 3.08 bits per heavy atom. The number of carbonyl (C=O) groups excluding carboxylic acids is 1. The number of imidazole rings is 1. The lowest BCUT2D eigenvalue weighted by atomic mass is 10.0. The first kappa shape index (κ1) is 16.7. The van der Waals surface area contributed by atoms with E-state index in [1.807, 2.05) is 40.6 Å². The highest BCUT2D eigenvalue weighted by atomic mass is 16.5. The van der Waals surface area contributed by atoms with Crippen LogP contribution >= 0.6 is 0 Å².